The standard InChI is InChI=1S/C20H24N2O3/c1-22(19(15-21)10-6-3-7-11-19)17(23)14-25-18(24)20(12-13-20)16-8-4-2-5-9-16/h2,4-5,8-9H,3,6-7,10-14H2,1H3. The van der Waals surface area contributed by atoms with Gasteiger partial charge < -0.3 is 9.64 Å². The highest BCUT2D eigenvalue weighted by atomic mass is 16.5. The second kappa shape index (κ2) is 6.87. The summed E-state index contributed by atoms with van der Waals surface area (Å²) in [5.41, 5.74) is -0.391. The topological polar surface area (TPSA) is 70.4 Å². The normalized spacial score (nSPS) is 20.2. The molecular weight excluding hydrogens is 316 g/mol. The molecule has 3 rings (SSSR count). The van der Waals surface area contributed by atoms with Gasteiger partial charge in [-0.2, -0.15) is 5.26 Å². The van der Waals surface area contributed by atoms with E-state index in [0.717, 1.165) is 37.7 Å². The number of benzene rings is 1. The maximum atomic E-state index is 12.5. The molecule has 1 amide bonds. The maximum absolute atomic E-state index is 12.5. The summed E-state index contributed by atoms with van der Waals surface area (Å²) in [5.74, 6) is -0.643. The minimum Gasteiger partial charge on any atom is -0.455 e. The Morgan fingerprint density at radius 1 is 1.12 bits per heavy atom. The maximum Gasteiger partial charge on any atom is 0.317 e. The Hall–Kier alpha value is -2.35. The monoisotopic (exact) mass is 340 g/mol. The highest BCUT2D eigenvalue weighted by molar-refractivity contribution is 5.89. The molecule has 2 saturated carbocycles. The number of amides is 1. The predicted octanol–water partition coefficient (Wildman–Crippen LogP) is 2.95. The van der Waals surface area contributed by atoms with Crippen molar-refractivity contribution >= 4 is 11.9 Å². The summed E-state index contributed by atoms with van der Waals surface area (Å²) in [5, 5.41) is 9.57. The van der Waals surface area contributed by atoms with Gasteiger partial charge in [0.2, 0.25) is 0 Å². The Balaban J connectivity index is 1.61. The molecule has 0 spiro atoms. The van der Waals surface area contributed by atoms with Crippen LogP contribution in [-0.2, 0) is 19.7 Å². The van der Waals surface area contributed by atoms with E-state index in [4.69, 9.17) is 4.74 Å². The molecule has 0 atom stereocenters. The van der Waals surface area contributed by atoms with Gasteiger partial charge in [-0.25, -0.2) is 0 Å². The van der Waals surface area contributed by atoms with E-state index in [1.807, 2.05) is 30.3 Å². The zero-order chi connectivity index (χ0) is 17.9. The van der Waals surface area contributed by atoms with Crippen molar-refractivity contribution in [2.45, 2.75) is 55.9 Å². The van der Waals surface area contributed by atoms with E-state index < -0.39 is 11.0 Å². The number of nitriles is 1. The van der Waals surface area contributed by atoms with Gasteiger partial charge in [-0.05, 0) is 31.2 Å². The third kappa shape index (κ3) is 3.26. The molecule has 0 unspecified atom stereocenters. The van der Waals surface area contributed by atoms with Gasteiger partial charge in [0.1, 0.15) is 5.54 Å². The predicted molar refractivity (Wildman–Crippen MR) is 92.5 cm³/mol. The summed E-state index contributed by atoms with van der Waals surface area (Å²) in [7, 11) is 1.65. The number of hydrogen-bond acceptors (Lipinski definition) is 4. The summed E-state index contributed by atoms with van der Waals surface area (Å²) >= 11 is 0. The molecule has 25 heavy (non-hydrogen) atoms. The zero-order valence-corrected chi connectivity index (χ0v) is 14.7. The van der Waals surface area contributed by atoms with Gasteiger partial charge in [0.05, 0.1) is 11.5 Å². The lowest BCUT2D eigenvalue weighted by Crippen LogP contribution is -2.51. The second-order valence-corrected chi connectivity index (χ2v) is 7.18. The molecule has 2 aliphatic carbocycles. The summed E-state index contributed by atoms with van der Waals surface area (Å²) in [6, 6.07) is 11.9. The van der Waals surface area contributed by atoms with Crippen molar-refractivity contribution in [1.29, 1.82) is 5.26 Å². The van der Waals surface area contributed by atoms with Crippen molar-refractivity contribution in [2.24, 2.45) is 0 Å². The Morgan fingerprint density at radius 2 is 1.76 bits per heavy atom. The molecule has 0 aliphatic heterocycles. The van der Waals surface area contributed by atoms with Crippen LogP contribution in [0.15, 0.2) is 30.3 Å². The van der Waals surface area contributed by atoms with Crippen LogP contribution in [0.3, 0.4) is 0 Å². The fourth-order valence-corrected chi connectivity index (χ4v) is 3.75. The van der Waals surface area contributed by atoms with E-state index in [-0.39, 0.29) is 18.5 Å². The van der Waals surface area contributed by atoms with Crippen LogP contribution in [0.25, 0.3) is 0 Å². The van der Waals surface area contributed by atoms with E-state index >= 15 is 0 Å². The van der Waals surface area contributed by atoms with Crippen molar-refractivity contribution in [3.63, 3.8) is 0 Å². The third-order valence-electron chi connectivity index (χ3n) is 5.70. The van der Waals surface area contributed by atoms with Crippen molar-refractivity contribution in [1.82, 2.24) is 4.90 Å². The quantitative estimate of drug-likeness (QED) is 0.773. The van der Waals surface area contributed by atoms with Gasteiger partial charge in [-0.3, -0.25) is 9.59 Å². The summed E-state index contributed by atoms with van der Waals surface area (Å²) in [6.45, 7) is -0.298. The van der Waals surface area contributed by atoms with Crippen LogP contribution in [0.4, 0.5) is 0 Å². The van der Waals surface area contributed by atoms with Gasteiger partial charge in [0.15, 0.2) is 6.61 Å². The molecule has 1 aromatic rings. The van der Waals surface area contributed by atoms with Gasteiger partial charge in [0, 0.05) is 7.05 Å². The van der Waals surface area contributed by atoms with E-state index in [1.54, 1.807) is 7.05 Å². The van der Waals surface area contributed by atoms with Crippen molar-refractivity contribution in [3.05, 3.63) is 35.9 Å². The molecule has 0 aromatic heterocycles. The summed E-state index contributed by atoms with van der Waals surface area (Å²) in [4.78, 5) is 26.5. The minimum atomic E-state index is -0.752. The van der Waals surface area contributed by atoms with Crippen molar-refractivity contribution in [3.8, 4) is 6.07 Å². The first-order valence-electron chi connectivity index (χ1n) is 8.95. The van der Waals surface area contributed by atoms with E-state index in [1.165, 1.54) is 4.90 Å². The Labute approximate surface area is 148 Å². The Kier molecular flexibility index (Phi) is 4.80. The molecule has 0 N–H and O–H groups in total. The van der Waals surface area contributed by atoms with Gasteiger partial charge in [-0.1, -0.05) is 49.6 Å². The first kappa shape index (κ1) is 17.5. The van der Waals surface area contributed by atoms with Crippen LogP contribution in [0.1, 0.15) is 50.5 Å². The first-order valence-corrected chi connectivity index (χ1v) is 8.95. The summed E-state index contributed by atoms with van der Waals surface area (Å²) in [6.07, 6.45) is 5.87. The molecule has 2 aliphatic rings. The summed E-state index contributed by atoms with van der Waals surface area (Å²) < 4.78 is 5.35. The fraction of sp³-hybridized carbons (Fsp3) is 0.550. The number of rotatable bonds is 5. The average molecular weight is 340 g/mol. The first-order chi connectivity index (χ1) is 12.0. The lowest BCUT2D eigenvalue weighted by molar-refractivity contribution is -0.155. The largest absolute Gasteiger partial charge is 0.455 e. The molecule has 0 saturated heterocycles. The zero-order valence-electron chi connectivity index (χ0n) is 14.7. The van der Waals surface area contributed by atoms with Gasteiger partial charge >= 0.3 is 5.97 Å². The number of carbonyl (C=O) groups excluding carboxylic acids is 2. The molecule has 5 nitrogen and oxygen atoms in total. The van der Waals surface area contributed by atoms with Crippen LogP contribution in [-0.4, -0.2) is 36.0 Å². The van der Waals surface area contributed by atoms with Crippen LogP contribution in [0.2, 0.25) is 0 Å². The molecule has 1 aromatic carbocycles. The van der Waals surface area contributed by atoms with Crippen LogP contribution in [0, 0.1) is 11.3 Å². The SMILES string of the molecule is CN(C(=O)COC(=O)C1(c2ccccc2)CC1)C1(C#N)CCCCC1. The van der Waals surface area contributed by atoms with Gasteiger partial charge in [-0.15, -0.1) is 0 Å². The van der Waals surface area contributed by atoms with Crippen molar-refractivity contribution < 1.29 is 14.3 Å². The fourth-order valence-electron chi connectivity index (χ4n) is 3.75. The van der Waals surface area contributed by atoms with Crippen LogP contribution in [0.5, 0.6) is 0 Å². The highest BCUT2D eigenvalue weighted by Gasteiger charge is 2.53. The highest BCUT2D eigenvalue weighted by Crippen LogP contribution is 2.49. The smallest absolute Gasteiger partial charge is 0.317 e. The number of nitrogens with zero attached hydrogens (tertiary/aromatic N) is 2. The second-order valence-electron chi connectivity index (χ2n) is 7.18. The molecule has 0 radical (unpaired) electrons. The molecule has 5 heteroatoms. The Bertz CT molecular complexity index is 683. The van der Waals surface area contributed by atoms with Crippen LogP contribution >= 0.6 is 0 Å². The number of carbonyl (C=O) groups is 2. The van der Waals surface area contributed by atoms with Crippen LogP contribution < -0.4 is 0 Å². The lowest BCUT2D eigenvalue weighted by Gasteiger charge is -2.38. The van der Waals surface area contributed by atoms with Gasteiger partial charge in [0.25, 0.3) is 5.91 Å². The van der Waals surface area contributed by atoms with E-state index in [9.17, 15) is 14.9 Å². The Morgan fingerprint density at radius 3 is 2.32 bits per heavy atom. The molecule has 0 bridgehead atoms. The number of ether oxygens (including phenoxy) is 1. The van der Waals surface area contributed by atoms with Crippen molar-refractivity contribution in [2.75, 3.05) is 13.7 Å². The number of esters is 1. The third-order valence-corrected chi connectivity index (χ3v) is 5.70. The minimum absolute atomic E-state index is 0.298. The number of hydrogen-bond donors (Lipinski definition) is 0. The molecule has 2 fully saturated rings. The van der Waals surface area contributed by atoms with E-state index in [0.29, 0.717) is 12.8 Å². The molecular formula is C20H24N2O3. The average Bonchev–Trinajstić information content (AvgIpc) is 3.48. The lowest BCUT2D eigenvalue weighted by atomic mass is 9.81. The molecule has 0 heterocycles. The number of likely N-dealkylation sites (N-methyl/N-ethyl adjacent to an activating group) is 1. The van der Waals surface area contributed by atoms with E-state index in [2.05, 4.69) is 6.07 Å². The molecule has 132 valence electrons.